The van der Waals surface area contributed by atoms with Crippen LogP contribution in [0.5, 0.6) is 0 Å². The maximum absolute atomic E-state index is 10.5. The third-order valence-electron chi connectivity index (χ3n) is 3.96. The second-order valence-corrected chi connectivity index (χ2v) is 5.34. The van der Waals surface area contributed by atoms with Crippen LogP contribution >= 0.6 is 0 Å². The van der Waals surface area contributed by atoms with Crippen molar-refractivity contribution >= 4 is 0 Å². The molecule has 0 amide bonds. The zero-order valence-electron chi connectivity index (χ0n) is 11.9. The first-order chi connectivity index (χ1) is 9.09. The number of aliphatic hydroxyl groups is 1. The summed E-state index contributed by atoms with van der Waals surface area (Å²) in [6, 6.07) is 16.5. The van der Waals surface area contributed by atoms with E-state index in [2.05, 4.69) is 51.1 Å². The molecule has 0 aliphatic carbocycles. The normalized spacial score (nSPS) is 14.1. The fourth-order valence-corrected chi connectivity index (χ4v) is 2.54. The van der Waals surface area contributed by atoms with Crippen LogP contribution in [-0.4, -0.2) is 11.2 Å². The van der Waals surface area contributed by atoms with Crippen molar-refractivity contribution in [2.45, 2.75) is 39.2 Å². The van der Waals surface area contributed by atoms with Gasteiger partial charge in [0, 0.05) is 5.92 Å². The van der Waals surface area contributed by atoms with Crippen LogP contribution in [0.4, 0.5) is 0 Å². The summed E-state index contributed by atoms with van der Waals surface area (Å²) in [5.41, 5.74) is 5.00. The predicted molar refractivity (Wildman–Crippen MR) is 80.5 cm³/mol. The molecule has 1 nitrogen and oxygen atoms in total. The number of hydrogen-bond acceptors (Lipinski definition) is 1. The summed E-state index contributed by atoms with van der Waals surface area (Å²) in [6.07, 6.45) is 0.372. The van der Waals surface area contributed by atoms with Crippen molar-refractivity contribution in [2.24, 2.45) is 0 Å². The van der Waals surface area contributed by atoms with Gasteiger partial charge in [0.2, 0.25) is 0 Å². The lowest BCUT2D eigenvalue weighted by molar-refractivity contribution is 0.149. The van der Waals surface area contributed by atoms with Crippen LogP contribution in [0.1, 0.15) is 35.1 Å². The first kappa shape index (κ1) is 13.8. The zero-order chi connectivity index (χ0) is 13.8. The summed E-state index contributed by atoms with van der Waals surface area (Å²) in [5.74, 6) is 0.153. The monoisotopic (exact) mass is 254 g/mol. The average Bonchev–Trinajstić information content (AvgIpc) is 2.43. The van der Waals surface area contributed by atoms with E-state index in [1.54, 1.807) is 0 Å². The molecule has 0 fully saturated rings. The highest BCUT2D eigenvalue weighted by Gasteiger charge is 2.18. The Bertz CT molecular complexity index is 510. The van der Waals surface area contributed by atoms with Crippen LogP contribution in [-0.2, 0) is 6.42 Å². The first-order valence-electron chi connectivity index (χ1n) is 6.87. The molecular formula is C18H22O. The third kappa shape index (κ3) is 3.24. The van der Waals surface area contributed by atoms with Crippen LogP contribution in [0.25, 0.3) is 0 Å². The van der Waals surface area contributed by atoms with E-state index in [4.69, 9.17) is 0 Å². The Morgan fingerprint density at radius 3 is 2.05 bits per heavy atom. The molecule has 2 atom stereocenters. The lowest BCUT2D eigenvalue weighted by Gasteiger charge is -2.21. The standard InChI is InChI=1S/C18H22O/c1-13-8-7-9-14(2)17(13)12-18(19)15(3)16-10-5-4-6-11-16/h4-11,15,18-19H,12H2,1-3H3. The summed E-state index contributed by atoms with van der Waals surface area (Å²) >= 11 is 0. The van der Waals surface area contributed by atoms with Crippen molar-refractivity contribution < 1.29 is 5.11 Å². The van der Waals surface area contributed by atoms with Gasteiger partial charge in [-0.3, -0.25) is 0 Å². The molecule has 1 N–H and O–H groups in total. The summed E-state index contributed by atoms with van der Waals surface area (Å²) in [5, 5.41) is 10.5. The van der Waals surface area contributed by atoms with Crippen molar-refractivity contribution in [3.8, 4) is 0 Å². The van der Waals surface area contributed by atoms with Crippen LogP contribution in [0, 0.1) is 13.8 Å². The molecule has 2 rings (SSSR count). The SMILES string of the molecule is Cc1cccc(C)c1CC(O)C(C)c1ccccc1. The van der Waals surface area contributed by atoms with Gasteiger partial charge in [0.15, 0.2) is 0 Å². The molecule has 2 aromatic rings. The molecule has 2 unspecified atom stereocenters. The van der Waals surface area contributed by atoms with Gasteiger partial charge in [0.25, 0.3) is 0 Å². The van der Waals surface area contributed by atoms with Gasteiger partial charge < -0.3 is 5.11 Å². The van der Waals surface area contributed by atoms with Crippen LogP contribution in [0.15, 0.2) is 48.5 Å². The smallest absolute Gasteiger partial charge is 0.0646 e. The minimum Gasteiger partial charge on any atom is -0.392 e. The Hall–Kier alpha value is -1.60. The molecule has 2 aromatic carbocycles. The van der Waals surface area contributed by atoms with E-state index < -0.39 is 0 Å². The fourth-order valence-electron chi connectivity index (χ4n) is 2.54. The van der Waals surface area contributed by atoms with Gasteiger partial charge in [-0.2, -0.15) is 0 Å². The maximum Gasteiger partial charge on any atom is 0.0646 e. The Morgan fingerprint density at radius 1 is 0.895 bits per heavy atom. The number of hydrogen-bond donors (Lipinski definition) is 1. The topological polar surface area (TPSA) is 20.2 Å². The van der Waals surface area contributed by atoms with E-state index >= 15 is 0 Å². The number of aliphatic hydroxyl groups excluding tert-OH is 1. The predicted octanol–water partition coefficient (Wildman–Crippen LogP) is 4.01. The number of benzene rings is 2. The minimum absolute atomic E-state index is 0.153. The molecule has 0 saturated heterocycles. The van der Waals surface area contributed by atoms with Crippen molar-refractivity contribution in [1.29, 1.82) is 0 Å². The van der Waals surface area contributed by atoms with Gasteiger partial charge in [-0.25, -0.2) is 0 Å². The molecular weight excluding hydrogens is 232 g/mol. The summed E-state index contributed by atoms with van der Waals surface area (Å²) in [6.45, 7) is 6.32. The van der Waals surface area contributed by atoms with E-state index in [0.717, 1.165) is 0 Å². The number of aryl methyl sites for hydroxylation is 2. The lowest BCUT2D eigenvalue weighted by Crippen LogP contribution is -2.19. The molecule has 100 valence electrons. The van der Waals surface area contributed by atoms with E-state index in [-0.39, 0.29) is 12.0 Å². The molecule has 0 aliphatic heterocycles. The Labute approximate surface area is 115 Å². The Balaban J connectivity index is 2.15. The van der Waals surface area contributed by atoms with Gasteiger partial charge in [0.05, 0.1) is 6.10 Å². The first-order valence-corrected chi connectivity index (χ1v) is 6.87. The van der Waals surface area contributed by atoms with Gasteiger partial charge in [-0.1, -0.05) is 55.5 Å². The molecule has 0 bridgehead atoms. The number of rotatable bonds is 4. The quantitative estimate of drug-likeness (QED) is 0.874. The van der Waals surface area contributed by atoms with Crippen LogP contribution in [0.2, 0.25) is 0 Å². The van der Waals surface area contributed by atoms with Crippen molar-refractivity contribution in [3.05, 3.63) is 70.8 Å². The maximum atomic E-state index is 10.5. The molecule has 0 aliphatic rings. The highest BCUT2D eigenvalue weighted by atomic mass is 16.3. The molecule has 0 saturated carbocycles. The molecule has 0 radical (unpaired) electrons. The summed E-state index contributed by atoms with van der Waals surface area (Å²) in [7, 11) is 0. The van der Waals surface area contributed by atoms with Gasteiger partial charge in [-0.05, 0) is 42.5 Å². The fraction of sp³-hybridized carbons (Fsp3) is 0.333. The Morgan fingerprint density at radius 2 is 1.47 bits per heavy atom. The molecule has 0 spiro atoms. The molecule has 0 heterocycles. The highest BCUT2D eigenvalue weighted by molar-refractivity contribution is 5.34. The zero-order valence-corrected chi connectivity index (χ0v) is 11.9. The van der Waals surface area contributed by atoms with Gasteiger partial charge >= 0.3 is 0 Å². The van der Waals surface area contributed by atoms with E-state index in [0.29, 0.717) is 6.42 Å². The van der Waals surface area contributed by atoms with E-state index in [1.165, 1.54) is 22.3 Å². The van der Waals surface area contributed by atoms with Gasteiger partial charge in [-0.15, -0.1) is 0 Å². The average molecular weight is 254 g/mol. The summed E-state index contributed by atoms with van der Waals surface area (Å²) in [4.78, 5) is 0. The van der Waals surface area contributed by atoms with E-state index in [1.807, 2.05) is 18.2 Å². The second-order valence-electron chi connectivity index (χ2n) is 5.34. The van der Waals surface area contributed by atoms with Crippen molar-refractivity contribution in [3.63, 3.8) is 0 Å². The van der Waals surface area contributed by atoms with Crippen LogP contribution < -0.4 is 0 Å². The molecule has 0 aromatic heterocycles. The third-order valence-corrected chi connectivity index (χ3v) is 3.96. The minimum atomic E-state index is -0.345. The van der Waals surface area contributed by atoms with Crippen molar-refractivity contribution in [2.75, 3.05) is 0 Å². The summed E-state index contributed by atoms with van der Waals surface area (Å²) < 4.78 is 0. The second kappa shape index (κ2) is 6.03. The van der Waals surface area contributed by atoms with Crippen molar-refractivity contribution in [1.82, 2.24) is 0 Å². The largest absolute Gasteiger partial charge is 0.392 e. The Kier molecular flexibility index (Phi) is 4.39. The van der Waals surface area contributed by atoms with Gasteiger partial charge in [0.1, 0.15) is 0 Å². The highest BCUT2D eigenvalue weighted by Crippen LogP contribution is 2.24. The molecule has 19 heavy (non-hydrogen) atoms. The molecule has 1 heteroatoms. The lowest BCUT2D eigenvalue weighted by atomic mass is 9.88. The van der Waals surface area contributed by atoms with E-state index in [9.17, 15) is 5.11 Å². The van der Waals surface area contributed by atoms with Crippen LogP contribution in [0.3, 0.4) is 0 Å².